The summed E-state index contributed by atoms with van der Waals surface area (Å²) < 4.78 is 15.6. The average Bonchev–Trinajstić information content (AvgIpc) is 2.98. The van der Waals surface area contributed by atoms with E-state index in [2.05, 4.69) is 10.3 Å². The number of nitrogens with zero attached hydrogens (tertiary/aromatic N) is 2. The third kappa shape index (κ3) is 2.42. The first-order chi connectivity index (χ1) is 9.58. The molecular weight excluding hydrogens is 259 g/mol. The highest BCUT2D eigenvalue weighted by atomic mass is 19.1. The third-order valence-corrected chi connectivity index (χ3v) is 3.49. The molecule has 20 heavy (non-hydrogen) atoms. The lowest BCUT2D eigenvalue weighted by molar-refractivity contribution is -0.123. The van der Waals surface area contributed by atoms with E-state index in [4.69, 9.17) is 5.73 Å². The maximum Gasteiger partial charge on any atom is 0.240 e. The molecule has 0 bridgehead atoms. The summed E-state index contributed by atoms with van der Waals surface area (Å²) in [6.07, 6.45) is 6.22. The molecule has 1 aliphatic carbocycles. The Morgan fingerprint density at radius 1 is 1.50 bits per heavy atom. The summed E-state index contributed by atoms with van der Waals surface area (Å²) in [7, 11) is 0. The van der Waals surface area contributed by atoms with Crippen LogP contribution in [0.3, 0.4) is 0 Å². The van der Waals surface area contributed by atoms with Crippen molar-refractivity contribution in [1.82, 2.24) is 14.9 Å². The lowest BCUT2D eigenvalue weighted by Crippen LogP contribution is -2.42. The van der Waals surface area contributed by atoms with Crippen LogP contribution in [0, 0.1) is 5.82 Å². The number of aromatic nitrogens is 2. The van der Waals surface area contributed by atoms with Crippen molar-refractivity contribution in [2.75, 3.05) is 0 Å². The van der Waals surface area contributed by atoms with E-state index in [1.807, 2.05) is 0 Å². The van der Waals surface area contributed by atoms with Gasteiger partial charge >= 0.3 is 0 Å². The van der Waals surface area contributed by atoms with Crippen LogP contribution in [-0.4, -0.2) is 21.0 Å². The molecule has 1 amide bonds. The van der Waals surface area contributed by atoms with Gasteiger partial charge in [0, 0.05) is 18.9 Å². The Kier molecular flexibility index (Phi) is 3.02. The lowest BCUT2D eigenvalue weighted by atomic mass is 10.2. The van der Waals surface area contributed by atoms with Crippen LogP contribution < -0.4 is 11.1 Å². The molecule has 1 aromatic carbocycles. The number of nitrogens with one attached hydrogen (secondary N) is 1. The molecule has 2 aromatic rings. The van der Waals surface area contributed by atoms with Gasteiger partial charge in [-0.15, -0.1) is 0 Å². The van der Waals surface area contributed by atoms with Gasteiger partial charge < -0.3 is 15.6 Å². The van der Waals surface area contributed by atoms with E-state index in [-0.39, 0.29) is 18.3 Å². The Balaban J connectivity index is 1.69. The largest absolute Gasteiger partial charge is 0.350 e. The molecule has 104 valence electrons. The van der Waals surface area contributed by atoms with Gasteiger partial charge in [-0.25, -0.2) is 9.37 Å². The van der Waals surface area contributed by atoms with Crippen LogP contribution in [0.4, 0.5) is 4.39 Å². The Bertz CT molecular complexity index is 635. The number of nitrogens with two attached hydrogens (primary N) is 1. The Morgan fingerprint density at radius 2 is 2.30 bits per heavy atom. The maximum atomic E-state index is 14.0. The summed E-state index contributed by atoms with van der Waals surface area (Å²) in [5, 5.41) is 2.73. The molecule has 0 unspecified atom stereocenters. The van der Waals surface area contributed by atoms with Crippen LogP contribution in [0.2, 0.25) is 0 Å². The van der Waals surface area contributed by atoms with E-state index in [1.54, 1.807) is 29.1 Å². The van der Waals surface area contributed by atoms with Crippen molar-refractivity contribution in [1.29, 1.82) is 0 Å². The third-order valence-electron chi connectivity index (χ3n) is 3.49. The monoisotopic (exact) mass is 274 g/mol. The minimum Gasteiger partial charge on any atom is -0.350 e. The van der Waals surface area contributed by atoms with Gasteiger partial charge in [-0.1, -0.05) is 6.07 Å². The number of amides is 1. The molecule has 1 aromatic heterocycles. The Hall–Kier alpha value is -2.21. The molecule has 1 fully saturated rings. The summed E-state index contributed by atoms with van der Waals surface area (Å²) in [6, 6.07) is 4.84. The molecule has 1 heterocycles. The molecule has 6 heteroatoms. The van der Waals surface area contributed by atoms with Gasteiger partial charge in [0.25, 0.3) is 0 Å². The van der Waals surface area contributed by atoms with Crippen LogP contribution in [0.1, 0.15) is 18.4 Å². The van der Waals surface area contributed by atoms with Crippen LogP contribution in [0.5, 0.6) is 0 Å². The van der Waals surface area contributed by atoms with Crippen molar-refractivity contribution in [3.63, 3.8) is 0 Å². The minimum atomic E-state index is -0.699. The number of rotatable bonds is 4. The fraction of sp³-hybridized carbons (Fsp3) is 0.286. The predicted octanol–water partition coefficient (Wildman–Crippen LogP) is 1.12. The molecule has 0 saturated heterocycles. The van der Waals surface area contributed by atoms with E-state index in [0.717, 1.165) is 0 Å². The molecule has 3 N–H and O–H groups in total. The number of carbonyl (C=O) groups is 1. The minimum absolute atomic E-state index is 0.170. The highest BCUT2D eigenvalue weighted by Crippen LogP contribution is 2.32. The van der Waals surface area contributed by atoms with Gasteiger partial charge in [0.15, 0.2) is 0 Å². The molecule has 1 saturated carbocycles. The second-order valence-electron chi connectivity index (χ2n) is 5.09. The second-order valence-corrected chi connectivity index (χ2v) is 5.09. The number of hydrogen-bond donors (Lipinski definition) is 2. The topological polar surface area (TPSA) is 72.9 Å². The highest BCUT2D eigenvalue weighted by Gasteiger charge is 2.45. The normalized spacial score (nSPS) is 15.9. The Morgan fingerprint density at radius 3 is 2.90 bits per heavy atom. The number of hydrogen-bond acceptors (Lipinski definition) is 3. The lowest BCUT2D eigenvalue weighted by Gasteiger charge is -2.11. The highest BCUT2D eigenvalue weighted by molar-refractivity contribution is 5.88. The molecule has 5 nitrogen and oxygen atoms in total. The second kappa shape index (κ2) is 4.72. The van der Waals surface area contributed by atoms with Crippen molar-refractivity contribution in [3.05, 3.63) is 48.3 Å². The molecule has 0 radical (unpaired) electrons. The SMILES string of the molecule is NC1(C(=O)NCc2ccc(-n3ccnc3)c(F)c2)CC1. The Labute approximate surface area is 115 Å². The molecule has 1 aliphatic rings. The molecule has 0 aliphatic heterocycles. The van der Waals surface area contributed by atoms with E-state index >= 15 is 0 Å². The summed E-state index contributed by atoms with van der Waals surface area (Å²) in [5.41, 5.74) is 6.20. The number of benzene rings is 1. The first-order valence-corrected chi connectivity index (χ1v) is 6.42. The number of carbonyl (C=O) groups excluding carboxylic acids is 1. The van der Waals surface area contributed by atoms with Crippen molar-refractivity contribution < 1.29 is 9.18 Å². The van der Waals surface area contributed by atoms with Crippen molar-refractivity contribution >= 4 is 5.91 Å². The smallest absolute Gasteiger partial charge is 0.240 e. The fourth-order valence-corrected chi connectivity index (χ4v) is 1.99. The van der Waals surface area contributed by atoms with Gasteiger partial charge in [0.05, 0.1) is 17.6 Å². The molecule has 0 spiro atoms. The van der Waals surface area contributed by atoms with E-state index in [1.165, 1.54) is 12.4 Å². The van der Waals surface area contributed by atoms with Crippen molar-refractivity contribution in [2.45, 2.75) is 24.9 Å². The van der Waals surface area contributed by atoms with Gasteiger partial charge in [-0.3, -0.25) is 4.79 Å². The average molecular weight is 274 g/mol. The van der Waals surface area contributed by atoms with E-state index < -0.39 is 5.54 Å². The van der Waals surface area contributed by atoms with Gasteiger partial charge in [-0.05, 0) is 30.5 Å². The molecular formula is C14H15FN4O. The van der Waals surface area contributed by atoms with Gasteiger partial charge in [0.2, 0.25) is 5.91 Å². The van der Waals surface area contributed by atoms with Crippen molar-refractivity contribution in [2.24, 2.45) is 5.73 Å². The van der Waals surface area contributed by atoms with E-state index in [0.29, 0.717) is 24.1 Å². The van der Waals surface area contributed by atoms with E-state index in [9.17, 15) is 9.18 Å². The van der Waals surface area contributed by atoms with Crippen LogP contribution in [0.15, 0.2) is 36.9 Å². The first kappa shape index (κ1) is 12.8. The number of imidazole rings is 1. The maximum absolute atomic E-state index is 14.0. The summed E-state index contributed by atoms with van der Waals surface area (Å²) >= 11 is 0. The van der Waals surface area contributed by atoms with Gasteiger partial charge in [0.1, 0.15) is 5.82 Å². The standard InChI is InChI=1S/C14H15FN4O/c15-11-7-10(8-18-13(20)14(16)3-4-14)1-2-12(11)19-6-5-17-9-19/h1-2,5-7,9H,3-4,8,16H2,(H,18,20). The zero-order chi connectivity index (χ0) is 14.2. The van der Waals surface area contributed by atoms with Crippen LogP contribution >= 0.6 is 0 Å². The first-order valence-electron chi connectivity index (χ1n) is 6.42. The van der Waals surface area contributed by atoms with Crippen molar-refractivity contribution in [3.8, 4) is 5.69 Å². The van der Waals surface area contributed by atoms with Crippen LogP contribution in [0.25, 0.3) is 5.69 Å². The summed E-state index contributed by atoms with van der Waals surface area (Å²) in [5.74, 6) is -0.528. The van der Waals surface area contributed by atoms with Gasteiger partial charge in [-0.2, -0.15) is 0 Å². The summed E-state index contributed by atoms with van der Waals surface area (Å²) in [6.45, 7) is 0.277. The zero-order valence-electron chi connectivity index (χ0n) is 10.8. The number of halogens is 1. The summed E-state index contributed by atoms with van der Waals surface area (Å²) in [4.78, 5) is 15.6. The molecule has 3 rings (SSSR count). The zero-order valence-corrected chi connectivity index (χ0v) is 10.8. The molecule has 0 atom stereocenters. The fourth-order valence-electron chi connectivity index (χ4n) is 1.99. The van der Waals surface area contributed by atoms with Crippen LogP contribution in [-0.2, 0) is 11.3 Å². The quantitative estimate of drug-likeness (QED) is 0.877. The predicted molar refractivity (Wildman–Crippen MR) is 71.5 cm³/mol.